The first kappa shape index (κ1) is 20.7. The highest BCUT2D eigenvalue weighted by atomic mass is 16.6. The van der Waals surface area contributed by atoms with Crippen molar-refractivity contribution >= 4 is 12.1 Å². The van der Waals surface area contributed by atoms with E-state index in [4.69, 9.17) is 9.73 Å². The summed E-state index contributed by atoms with van der Waals surface area (Å²) in [7, 11) is 0. The second-order valence-corrected chi connectivity index (χ2v) is 6.90. The summed E-state index contributed by atoms with van der Waals surface area (Å²) >= 11 is 0. The van der Waals surface area contributed by atoms with Crippen LogP contribution >= 0.6 is 0 Å². The Kier molecular flexibility index (Phi) is 7.49. The number of aromatic nitrogens is 2. The predicted molar refractivity (Wildman–Crippen MR) is 113 cm³/mol. The highest BCUT2D eigenvalue weighted by Crippen LogP contribution is 2.15. The SMILES string of the molecule is CCNC(=NCc1ccccc1-n1ccnc1)NC1CCN(C(=O)OCC)CC1. The number of aliphatic imine (C=N–C) groups is 1. The summed E-state index contributed by atoms with van der Waals surface area (Å²) in [4.78, 5) is 22.6. The lowest BCUT2D eigenvalue weighted by Crippen LogP contribution is -2.49. The molecule has 1 aliphatic heterocycles. The van der Waals surface area contributed by atoms with E-state index in [1.165, 1.54) is 0 Å². The summed E-state index contributed by atoms with van der Waals surface area (Å²) in [5.74, 6) is 0.794. The molecule has 1 fully saturated rings. The minimum absolute atomic E-state index is 0.220. The van der Waals surface area contributed by atoms with Gasteiger partial charge < -0.3 is 24.8 Å². The molecular weight excluding hydrogens is 368 g/mol. The lowest BCUT2D eigenvalue weighted by atomic mass is 10.1. The van der Waals surface area contributed by atoms with E-state index >= 15 is 0 Å². The van der Waals surface area contributed by atoms with Crippen molar-refractivity contribution in [1.82, 2.24) is 25.1 Å². The largest absolute Gasteiger partial charge is 0.450 e. The molecule has 1 amide bonds. The topological polar surface area (TPSA) is 83.8 Å². The molecule has 1 aromatic heterocycles. The van der Waals surface area contributed by atoms with Gasteiger partial charge in [-0.2, -0.15) is 0 Å². The second kappa shape index (κ2) is 10.5. The Morgan fingerprint density at radius 3 is 2.76 bits per heavy atom. The highest BCUT2D eigenvalue weighted by Gasteiger charge is 2.24. The molecule has 3 rings (SSSR count). The third-order valence-electron chi connectivity index (χ3n) is 4.89. The third kappa shape index (κ3) is 5.73. The molecule has 29 heavy (non-hydrogen) atoms. The molecule has 0 aliphatic carbocycles. The van der Waals surface area contributed by atoms with Crippen LogP contribution in [-0.4, -0.2) is 58.8 Å². The molecule has 8 heteroatoms. The quantitative estimate of drug-likeness (QED) is 0.577. The number of benzene rings is 1. The molecule has 2 heterocycles. The van der Waals surface area contributed by atoms with Gasteiger partial charge in [0.1, 0.15) is 0 Å². The van der Waals surface area contributed by atoms with Gasteiger partial charge in [0.15, 0.2) is 5.96 Å². The Bertz CT molecular complexity index is 797. The van der Waals surface area contributed by atoms with Crippen LogP contribution in [0.5, 0.6) is 0 Å². The summed E-state index contributed by atoms with van der Waals surface area (Å²) in [6.45, 7) is 7.03. The van der Waals surface area contributed by atoms with Crippen molar-refractivity contribution in [2.45, 2.75) is 39.3 Å². The smallest absolute Gasteiger partial charge is 0.409 e. The Balaban J connectivity index is 1.61. The highest BCUT2D eigenvalue weighted by molar-refractivity contribution is 5.80. The van der Waals surface area contributed by atoms with Crippen LogP contribution in [0.1, 0.15) is 32.3 Å². The number of rotatable bonds is 6. The van der Waals surface area contributed by atoms with Crippen molar-refractivity contribution in [3.8, 4) is 5.69 Å². The van der Waals surface area contributed by atoms with Gasteiger partial charge in [0.25, 0.3) is 0 Å². The summed E-state index contributed by atoms with van der Waals surface area (Å²) in [5, 5.41) is 6.84. The number of hydrogen-bond acceptors (Lipinski definition) is 4. The van der Waals surface area contributed by atoms with E-state index in [-0.39, 0.29) is 12.1 Å². The van der Waals surface area contributed by atoms with Crippen molar-refractivity contribution in [2.75, 3.05) is 26.2 Å². The molecule has 0 unspecified atom stereocenters. The van der Waals surface area contributed by atoms with Crippen LogP contribution in [0.3, 0.4) is 0 Å². The molecule has 0 bridgehead atoms. The summed E-state index contributed by atoms with van der Waals surface area (Å²) in [6, 6.07) is 8.47. The number of carbonyl (C=O) groups is 1. The van der Waals surface area contributed by atoms with E-state index in [2.05, 4.69) is 34.7 Å². The number of para-hydroxylation sites is 1. The van der Waals surface area contributed by atoms with E-state index in [9.17, 15) is 4.79 Å². The minimum Gasteiger partial charge on any atom is -0.450 e. The monoisotopic (exact) mass is 398 g/mol. The number of guanidine groups is 1. The van der Waals surface area contributed by atoms with Crippen molar-refractivity contribution < 1.29 is 9.53 Å². The van der Waals surface area contributed by atoms with Crippen LogP contribution < -0.4 is 10.6 Å². The van der Waals surface area contributed by atoms with Gasteiger partial charge in [-0.1, -0.05) is 18.2 Å². The van der Waals surface area contributed by atoms with Crippen molar-refractivity contribution in [3.63, 3.8) is 0 Å². The maximum atomic E-state index is 11.9. The zero-order valence-electron chi connectivity index (χ0n) is 17.2. The van der Waals surface area contributed by atoms with Crippen LogP contribution in [0.2, 0.25) is 0 Å². The van der Waals surface area contributed by atoms with Crippen LogP contribution in [0, 0.1) is 0 Å². The molecule has 0 radical (unpaired) electrons. The third-order valence-corrected chi connectivity index (χ3v) is 4.89. The fourth-order valence-corrected chi connectivity index (χ4v) is 3.40. The summed E-state index contributed by atoms with van der Waals surface area (Å²) in [5.41, 5.74) is 2.20. The maximum absolute atomic E-state index is 11.9. The van der Waals surface area contributed by atoms with Crippen molar-refractivity contribution in [3.05, 3.63) is 48.5 Å². The molecular formula is C21H30N6O2. The number of ether oxygens (including phenoxy) is 1. The van der Waals surface area contributed by atoms with Gasteiger partial charge in [-0.25, -0.2) is 14.8 Å². The normalized spacial score (nSPS) is 15.2. The Morgan fingerprint density at radius 2 is 2.07 bits per heavy atom. The number of piperidine rings is 1. The molecule has 2 aromatic rings. The summed E-state index contributed by atoms with van der Waals surface area (Å²) in [6.07, 6.45) is 7.02. The van der Waals surface area contributed by atoms with Gasteiger partial charge in [-0.3, -0.25) is 0 Å². The average Bonchev–Trinajstić information content (AvgIpc) is 3.28. The second-order valence-electron chi connectivity index (χ2n) is 6.90. The number of hydrogen-bond donors (Lipinski definition) is 2. The Morgan fingerprint density at radius 1 is 1.28 bits per heavy atom. The lowest BCUT2D eigenvalue weighted by molar-refractivity contribution is 0.0963. The number of carbonyl (C=O) groups excluding carboxylic acids is 1. The van der Waals surface area contributed by atoms with Gasteiger partial charge in [0.05, 0.1) is 25.2 Å². The first-order valence-corrected chi connectivity index (χ1v) is 10.2. The van der Waals surface area contributed by atoms with Crippen LogP contribution in [-0.2, 0) is 11.3 Å². The fourth-order valence-electron chi connectivity index (χ4n) is 3.40. The van der Waals surface area contributed by atoms with Gasteiger partial charge in [0.2, 0.25) is 0 Å². The van der Waals surface area contributed by atoms with E-state index in [0.717, 1.165) is 36.6 Å². The van der Waals surface area contributed by atoms with Gasteiger partial charge in [-0.15, -0.1) is 0 Å². The van der Waals surface area contributed by atoms with E-state index in [0.29, 0.717) is 26.2 Å². The Labute approximate surface area is 172 Å². The number of amides is 1. The number of nitrogens with one attached hydrogen (secondary N) is 2. The van der Waals surface area contributed by atoms with Gasteiger partial charge in [-0.05, 0) is 38.3 Å². The molecule has 0 saturated carbocycles. The maximum Gasteiger partial charge on any atom is 0.409 e. The van der Waals surface area contributed by atoms with E-state index in [1.807, 2.05) is 29.8 Å². The molecule has 156 valence electrons. The molecule has 8 nitrogen and oxygen atoms in total. The zero-order valence-corrected chi connectivity index (χ0v) is 17.2. The minimum atomic E-state index is -0.220. The predicted octanol–water partition coefficient (Wildman–Crippen LogP) is 2.55. The molecule has 1 aliphatic rings. The van der Waals surface area contributed by atoms with E-state index in [1.54, 1.807) is 17.4 Å². The first-order chi connectivity index (χ1) is 14.2. The standard InChI is InChI=1S/C21H30N6O2/c1-3-23-20(25-18-9-12-26(13-10-18)21(28)29-4-2)24-15-17-7-5-6-8-19(17)27-14-11-22-16-27/h5-8,11,14,16,18H,3-4,9-10,12-13,15H2,1-2H3,(H2,23,24,25). The van der Waals surface area contributed by atoms with E-state index < -0.39 is 0 Å². The Hall–Kier alpha value is -3.03. The molecule has 1 saturated heterocycles. The summed E-state index contributed by atoms with van der Waals surface area (Å²) < 4.78 is 7.09. The molecule has 2 N–H and O–H groups in total. The van der Waals surface area contributed by atoms with Crippen LogP contribution in [0.25, 0.3) is 5.69 Å². The zero-order chi connectivity index (χ0) is 20.5. The molecule has 1 aromatic carbocycles. The van der Waals surface area contributed by atoms with Crippen LogP contribution in [0.4, 0.5) is 4.79 Å². The molecule has 0 atom stereocenters. The van der Waals surface area contributed by atoms with Crippen LogP contribution in [0.15, 0.2) is 48.0 Å². The fraction of sp³-hybridized carbons (Fsp3) is 0.476. The number of imidazole rings is 1. The first-order valence-electron chi connectivity index (χ1n) is 10.2. The average molecular weight is 399 g/mol. The number of likely N-dealkylation sites (tertiary alicyclic amines) is 1. The van der Waals surface area contributed by atoms with Crippen molar-refractivity contribution in [1.29, 1.82) is 0 Å². The molecule has 0 spiro atoms. The van der Waals surface area contributed by atoms with Crippen molar-refractivity contribution in [2.24, 2.45) is 4.99 Å². The lowest BCUT2D eigenvalue weighted by Gasteiger charge is -2.32. The van der Waals surface area contributed by atoms with Gasteiger partial charge >= 0.3 is 6.09 Å². The van der Waals surface area contributed by atoms with Gasteiger partial charge in [0, 0.05) is 38.1 Å². The number of nitrogens with zero attached hydrogens (tertiary/aromatic N) is 4.